The number of hydrogen-bond donors (Lipinski definition) is 3. The lowest BCUT2D eigenvalue weighted by atomic mass is 9.94. The summed E-state index contributed by atoms with van der Waals surface area (Å²) in [6, 6.07) is 0. The first-order valence-corrected chi connectivity index (χ1v) is 4.70. The second-order valence-electron chi connectivity index (χ2n) is 4.67. The molecule has 1 rings (SSSR count). The SMILES string of the molecule is CC(C)(C)OC(=O)NC1(CO)CNC1. The minimum absolute atomic E-state index is 0.0702. The van der Waals surface area contributed by atoms with E-state index in [9.17, 15) is 4.79 Å². The minimum atomic E-state index is -0.525. The van der Waals surface area contributed by atoms with Gasteiger partial charge < -0.3 is 20.5 Å². The van der Waals surface area contributed by atoms with Crippen molar-refractivity contribution in [1.29, 1.82) is 0 Å². The molecule has 1 aliphatic heterocycles. The van der Waals surface area contributed by atoms with Crippen LogP contribution in [0.15, 0.2) is 0 Å². The predicted molar refractivity (Wildman–Crippen MR) is 52.1 cm³/mol. The molecule has 1 aliphatic rings. The molecule has 14 heavy (non-hydrogen) atoms. The van der Waals surface area contributed by atoms with E-state index in [1.165, 1.54) is 0 Å². The molecule has 0 aliphatic carbocycles. The summed E-state index contributed by atoms with van der Waals surface area (Å²) in [4.78, 5) is 11.4. The van der Waals surface area contributed by atoms with Crippen molar-refractivity contribution in [3.63, 3.8) is 0 Å². The van der Waals surface area contributed by atoms with Gasteiger partial charge in [0.1, 0.15) is 5.60 Å². The van der Waals surface area contributed by atoms with E-state index in [1.54, 1.807) is 20.8 Å². The van der Waals surface area contributed by atoms with Crippen LogP contribution >= 0.6 is 0 Å². The molecule has 0 radical (unpaired) electrons. The van der Waals surface area contributed by atoms with Gasteiger partial charge >= 0.3 is 6.09 Å². The monoisotopic (exact) mass is 202 g/mol. The Bertz CT molecular complexity index is 213. The molecule has 82 valence electrons. The predicted octanol–water partition coefficient (Wildman–Crippen LogP) is -0.155. The molecule has 3 N–H and O–H groups in total. The molecule has 0 saturated carbocycles. The zero-order chi connectivity index (χ0) is 10.8. The fourth-order valence-corrected chi connectivity index (χ4v) is 1.19. The van der Waals surface area contributed by atoms with Crippen LogP contribution in [-0.4, -0.2) is 42.0 Å². The molecule has 1 saturated heterocycles. The summed E-state index contributed by atoms with van der Waals surface area (Å²) < 4.78 is 5.08. The number of aliphatic hydroxyl groups excluding tert-OH is 1. The fraction of sp³-hybridized carbons (Fsp3) is 0.889. The van der Waals surface area contributed by atoms with Crippen molar-refractivity contribution >= 4 is 6.09 Å². The van der Waals surface area contributed by atoms with E-state index in [0.717, 1.165) is 0 Å². The topological polar surface area (TPSA) is 70.6 Å². The van der Waals surface area contributed by atoms with Crippen LogP contribution in [0.3, 0.4) is 0 Å². The Hall–Kier alpha value is -0.810. The Morgan fingerprint density at radius 3 is 2.43 bits per heavy atom. The number of hydrogen-bond acceptors (Lipinski definition) is 4. The van der Waals surface area contributed by atoms with Crippen LogP contribution in [0.25, 0.3) is 0 Å². The molecule has 0 bridgehead atoms. The van der Waals surface area contributed by atoms with Crippen molar-refractivity contribution in [2.45, 2.75) is 31.9 Å². The Labute approximate surface area is 83.8 Å². The number of alkyl carbamates (subject to hydrolysis) is 1. The lowest BCUT2D eigenvalue weighted by Crippen LogP contribution is -2.71. The lowest BCUT2D eigenvalue weighted by molar-refractivity contribution is 0.0318. The molecule has 0 spiro atoms. The molecule has 1 amide bonds. The van der Waals surface area contributed by atoms with Crippen LogP contribution in [0, 0.1) is 0 Å². The third kappa shape index (κ3) is 2.85. The molecule has 0 aromatic rings. The van der Waals surface area contributed by atoms with Crippen LogP contribution in [0.5, 0.6) is 0 Å². The minimum Gasteiger partial charge on any atom is -0.444 e. The summed E-state index contributed by atoms with van der Waals surface area (Å²) >= 11 is 0. The van der Waals surface area contributed by atoms with E-state index in [2.05, 4.69) is 10.6 Å². The van der Waals surface area contributed by atoms with Gasteiger partial charge in [-0.05, 0) is 20.8 Å². The van der Waals surface area contributed by atoms with Crippen molar-refractivity contribution in [1.82, 2.24) is 10.6 Å². The molecular weight excluding hydrogens is 184 g/mol. The molecule has 0 aromatic heterocycles. The van der Waals surface area contributed by atoms with E-state index in [1.807, 2.05) is 0 Å². The quantitative estimate of drug-likeness (QED) is 0.582. The smallest absolute Gasteiger partial charge is 0.408 e. The Kier molecular flexibility index (Phi) is 3.01. The summed E-state index contributed by atoms with van der Waals surface area (Å²) in [6.07, 6.45) is -0.479. The zero-order valence-electron chi connectivity index (χ0n) is 8.89. The molecule has 5 heteroatoms. The van der Waals surface area contributed by atoms with Gasteiger partial charge in [0.25, 0.3) is 0 Å². The molecule has 1 fully saturated rings. The number of aliphatic hydroxyl groups is 1. The Morgan fingerprint density at radius 2 is 2.14 bits per heavy atom. The molecule has 0 aromatic carbocycles. The molecule has 5 nitrogen and oxygen atoms in total. The normalized spacial score (nSPS) is 19.7. The highest BCUT2D eigenvalue weighted by Crippen LogP contribution is 2.12. The van der Waals surface area contributed by atoms with Gasteiger partial charge in [-0.3, -0.25) is 0 Å². The maximum atomic E-state index is 11.4. The third-order valence-corrected chi connectivity index (χ3v) is 2.00. The largest absolute Gasteiger partial charge is 0.444 e. The molecule has 1 heterocycles. The summed E-state index contributed by atoms with van der Waals surface area (Å²) in [5.74, 6) is 0. The maximum absolute atomic E-state index is 11.4. The average molecular weight is 202 g/mol. The summed E-state index contributed by atoms with van der Waals surface area (Å²) in [6.45, 7) is 6.51. The Balaban J connectivity index is 2.40. The highest BCUT2D eigenvalue weighted by Gasteiger charge is 2.38. The van der Waals surface area contributed by atoms with Crippen molar-refractivity contribution in [2.75, 3.05) is 19.7 Å². The van der Waals surface area contributed by atoms with Crippen molar-refractivity contribution in [2.24, 2.45) is 0 Å². The van der Waals surface area contributed by atoms with E-state index in [4.69, 9.17) is 9.84 Å². The fourth-order valence-electron chi connectivity index (χ4n) is 1.19. The third-order valence-electron chi connectivity index (χ3n) is 2.00. The first-order chi connectivity index (χ1) is 6.37. The number of carbonyl (C=O) groups is 1. The first-order valence-electron chi connectivity index (χ1n) is 4.70. The van der Waals surface area contributed by atoms with Gasteiger partial charge in [0.05, 0.1) is 12.1 Å². The van der Waals surface area contributed by atoms with E-state index in [-0.39, 0.29) is 6.61 Å². The van der Waals surface area contributed by atoms with Gasteiger partial charge in [0, 0.05) is 13.1 Å². The van der Waals surface area contributed by atoms with Gasteiger partial charge in [0.2, 0.25) is 0 Å². The van der Waals surface area contributed by atoms with Gasteiger partial charge in [-0.1, -0.05) is 0 Å². The highest BCUT2D eigenvalue weighted by molar-refractivity contribution is 5.69. The van der Waals surface area contributed by atoms with Crippen LogP contribution in [0.1, 0.15) is 20.8 Å². The molecule has 0 atom stereocenters. The number of ether oxygens (including phenoxy) is 1. The van der Waals surface area contributed by atoms with Gasteiger partial charge in [-0.2, -0.15) is 0 Å². The van der Waals surface area contributed by atoms with E-state index in [0.29, 0.717) is 13.1 Å². The van der Waals surface area contributed by atoms with Crippen LogP contribution < -0.4 is 10.6 Å². The van der Waals surface area contributed by atoms with Crippen LogP contribution in [0.4, 0.5) is 4.79 Å². The van der Waals surface area contributed by atoms with Crippen LogP contribution in [-0.2, 0) is 4.74 Å². The van der Waals surface area contributed by atoms with Crippen LogP contribution in [0.2, 0.25) is 0 Å². The zero-order valence-corrected chi connectivity index (χ0v) is 8.89. The highest BCUT2D eigenvalue weighted by atomic mass is 16.6. The molecular formula is C9H18N2O3. The number of rotatable bonds is 2. The van der Waals surface area contributed by atoms with Crippen molar-refractivity contribution in [3.05, 3.63) is 0 Å². The van der Waals surface area contributed by atoms with E-state index >= 15 is 0 Å². The maximum Gasteiger partial charge on any atom is 0.408 e. The average Bonchev–Trinajstić information content (AvgIpc) is 1.93. The first kappa shape index (κ1) is 11.3. The number of carbonyl (C=O) groups excluding carboxylic acids is 1. The van der Waals surface area contributed by atoms with Gasteiger partial charge in [-0.15, -0.1) is 0 Å². The Morgan fingerprint density at radius 1 is 1.57 bits per heavy atom. The lowest BCUT2D eigenvalue weighted by Gasteiger charge is -2.41. The van der Waals surface area contributed by atoms with Gasteiger partial charge in [-0.25, -0.2) is 4.79 Å². The molecule has 0 unspecified atom stereocenters. The summed E-state index contributed by atoms with van der Waals surface area (Å²) in [5, 5.41) is 14.7. The van der Waals surface area contributed by atoms with Crippen molar-refractivity contribution in [3.8, 4) is 0 Å². The second-order valence-corrected chi connectivity index (χ2v) is 4.67. The number of nitrogens with one attached hydrogen (secondary N) is 2. The number of amides is 1. The summed E-state index contributed by atoms with van der Waals surface area (Å²) in [5.41, 5.74) is -1.03. The standard InChI is InChI=1S/C9H18N2O3/c1-8(2,3)14-7(13)11-9(6-12)4-10-5-9/h10,12H,4-6H2,1-3H3,(H,11,13). The van der Waals surface area contributed by atoms with Crippen molar-refractivity contribution < 1.29 is 14.6 Å². The second kappa shape index (κ2) is 3.74. The van der Waals surface area contributed by atoms with Gasteiger partial charge in [0.15, 0.2) is 0 Å². The van der Waals surface area contributed by atoms with E-state index < -0.39 is 17.2 Å². The summed E-state index contributed by atoms with van der Waals surface area (Å²) in [7, 11) is 0.